The van der Waals surface area contributed by atoms with Crippen LogP contribution in [0.15, 0.2) is 30.3 Å². The molecule has 0 unspecified atom stereocenters. The molecule has 2 aliphatic rings. The van der Waals surface area contributed by atoms with Crippen LogP contribution in [0.2, 0.25) is 0 Å². The fraction of sp³-hybridized carbons (Fsp3) is 0.467. The summed E-state index contributed by atoms with van der Waals surface area (Å²) in [5.74, 6) is 0.339. The third-order valence-corrected chi connectivity index (χ3v) is 3.87. The van der Waals surface area contributed by atoms with Gasteiger partial charge in [-0.15, -0.1) is 0 Å². The van der Waals surface area contributed by atoms with Gasteiger partial charge in [-0.3, -0.25) is 0 Å². The summed E-state index contributed by atoms with van der Waals surface area (Å²) in [6.07, 6.45) is 1.70. The number of rotatable bonds is 2. The van der Waals surface area contributed by atoms with Gasteiger partial charge >= 0.3 is 12.2 Å². The quantitative estimate of drug-likeness (QED) is 0.843. The Morgan fingerprint density at radius 1 is 1.15 bits per heavy atom. The van der Waals surface area contributed by atoms with E-state index in [1.165, 1.54) is 5.56 Å². The van der Waals surface area contributed by atoms with Crippen LogP contribution in [0, 0.1) is 0 Å². The van der Waals surface area contributed by atoms with Crippen LogP contribution in [0.3, 0.4) is 0 Å². The molecule has 1 saturated carbocycles. The summed E-state index contributed by atoms with van der Waals surface area (Å²) in [7, 11) is 0. The Morgan fingerprint density at radius 3 is 2.55 bits per heavy atom. The summed E-state index contributed by atoms with van der Waals surface area (Å²) in [6.45, 7) is 1.37. The molecule has 106 valence electrons. The maximum Gasteiger partial charge on any atom is 0.418 e. The van der Waals surface area contributed by atoms with Gasteiger partial charge in [0.1, 0.15) is 0 Å². The van der Waals surface area contributed by atoms with Crippen molar-refractivity contribution in [2.75, 3.05) is 13.1 Å². The lowest BCUT2D eigenvalue weighted by molar-refractivity contribution is 0.124. The SMILES string of the molecule is O=C(N[C@H]1C[C@@H]1c1ccccc1)OC(=O)N1CCCC1. The smallest absolute Gasteiger partial charge is 0.359 e. The molecule has 1 aromatic carbocycles. The van der Waals surface area contributed by atoms with Gasteiger partial charge in [-0.05, 0) is 24.8 Å². The highest BCUT2D eigenvalue weighted by atomic mass is 16.6. The van der Waals surface area contributed by atoms with Crippen LogP contribution in [0.4, 0.5) is 9.59 Å². The van der Waals surface area contributed by atoms with Crippen molar-refractivity contribution >= 4 is 12.2 Å². The Morgan fingerprint density at radius 2 is 1.85 bits per heavy atom. The number of amides is 2. The molecule has 0 spiro atoms. The van der Waals surface area contributed by atoms with Gasteiger partial charge in [0.2, 0.25) is 0 Å². The van der Waals surface area contributed by atoms with Crippen molar-refractivity contribution in [3.63, 3.8) is 0 Å². The van der Waals surface area contributed by atoms with Gasteiger partial charge < -0.3 is 15.0 Å². The van der Waals surface area contributed by atoms with Crippen LogP contribution in [-0.4, -0.2) is 36.2 Å². The molecule has 5 heteroatoms. The first-order chi connectivity index (χ1) is 9.74. The number of alkyl carbamates (subject to hydrolysis) is 1. The van der Waals surface area contributed by atoms with Crippen molar-refractivity contribution in [3.05, 3.63) is 35.9 Å². The fourth-order valence-corrected chi connectivity index (χ4v) is 2.65. The lowest BCUT2D eigenvalue weighted by Gasteiger charge is -2.14. The number of ether oxygens (including phenoxy) is 1. The summed E-state index contributed by atoms with van der Waals surface area (Å²) in [5.41, 5.74) is 1.21. The fourth-order valence-electron chi connectivity index (χ4n) is 2.65. The second kappa shape index (κ2) is 5.53. The molecular formula is C15H18N2O3. The van der Waals surface area contributed by atoms with E-state index in [0.29, 0.717) is 19.0 Å². The number of nitrogens with zero attached hydrogens (tertiary/aromatic N) is 1. The van der Waals surface area contributed by atoms with E-state index in [4.69, 9.17) is 4.74 Å². The van der Waals surface area contributed by atoms with Gasteiger partial charge in [0.25, 0.3) is 0 Å². The average Bonchev–Trinajstić information content (AvgIpc) is 3.00. The maximum atomic E-state index is 11.7. The van der Waals surface area contributed by atoms with Gasteiger partial charge in [0.05, 0.1) is 0 Å². The standard InChI is InChI=1S/C15H18N2O3/c18-14(20-15(19)17-8-4-5-9-17)16-13-10-12(13)11-6-2-1-3-7-11/h1-3,6-7,12-13H,4-5,8-10H2,(H,16,18)/t12-,13+/m1/s1. The summed E-state index contributed by atoms with van der Waals surface area (Å²) in [4.78, 5) is 24.9. The molecule has 1 aromatic rings. The lowest BCUT2D eigenvalue weighted by atomic mass is 10.1. The second-order valence-corrected chi connectivity index (χ2v) is 5.35. The second-order valence-electron chi connectivity index (χ2n) is 5.35. The first-order valence-corrected chi connectivity index (χ1v) is 7.06. The molecule has 0 radical (unpaired) electrons. The molecule has 1 heterocycles. The molecule has 1 saturated heterocycles. The van der Waals surface area contributed by atoms with Crippen LogP contribution in [0.5, 0.6) is 0 Å². The third-order valence-electron chi connectivity index (χ3n) is 3.87. The van der Waals surface area contributed by atoms with Crippen molar-refractivity contribution in [3.8, 4) is 0 Å². The van der Waals surface area contributed by atoms with Gasteiger partial charge in [-0.1, -0.05) is 30.3 Å². The van der Waals surface area contributed by atoms with Crippen LogP contribution in [0.1, 0.15) is 30.7 Å². The van der Waals surface area contributed by atoms with Crippen molar-refractivity contribution in [2.45, 2.75) is 31.2 Å². The van der Waals surface area contributed by atoms with E-state index in [9.17, 15) is 9.59 Å². The highest BCUT2D eigenvalue weighted by Crippen LogP contribution is 2.40. The molecule has 20 heavy (non-hydrogen) atoms. The highest BCUT2D eigenvalue weighted by Gasteiger charge is 2.40. The molecule has 5 nitrogen and oxygen atoms in total. The van der Waals surface area contributed by atoms with E-state index in [1.807, 2.05) is 30.3 Å². The zero-order chi connectivity index (χ0) is 13.9. The maximum absolute atomic E-state index is 11.7. The Hall–Kier alpha value is -2.04. The minimum Gasteiger partial charge on any atom is -0.359 e. The first-order valence-electron chi connectivity index (χ1n) is 7.06. The molecule has 2 amide bonds. The zero-order valence-electron chi connectivity index (χ0n) is 11.2. The third kappa shape index (κ3) is 2.92. The molecule has 3 rings (SSSR count). The minimum atomic E-state index is -0.634. The van der Waals surface area contributed by atoms with Gasteiger partial charge in [-0.2, -0.15) is 0 Å². The van der Waals surface area contributed by atoms with Gasteiger partial charge in [-0.25, -0.2) is 9.59 Å². The van der Waals surface area contributed by atoms with E-state index in [0.717, 1.165) is 19.3 Å². The van der Waals surface area contributed by atoms with Crippen molar-refractivity contribution in [1.29, 1.82) is 0 Å². The number of carbonyl (C=O) groups is 2. The number of benzene rings is 1. The van der Waals surface area contributed by atoms with Gasteiger partial charge in [0.15, 0.2) is 0 Å². The topological polar surface area (TPSA) is 58.6 Å². The Bertz CT molecular complexity index is 497. The van der Waals surface area contributed by atoms with Crippen molar-refractivity contribution in [1.82, 2.24) is 10.2 Å². The molecule has 1 N–H and O–H groups in total. The largest absolute Gasteiger partial charge is 0.418 e. The average molecular weight is 274 g/mol. The monoisotopic (exact) mass is 274 g/mol. The van der Waals surface area contributed by atoms with E-state index in [-0.39, 0.29) is 6.04 Å². The summed E-state index contributed by atoms with van der Waals surface area (Å²) < 4.78 is 4.81. The van der Waals surface area contributed by atoms with Crippen LogP contribution in [-0.2, 0) is 4.74 Å². The van der Waals surface area contributed by atoms with E-state index < -0.39 is 12.2 Å². The lowest BCUT2D eigenvalue weighted by Crippen LogP contribution is -2.35. The molecule has 0 aromatic heterocycles. The molecule has 1 aliphatic heterocycles. The number of carbonyl (C=O) groups excluding carboxylic acids is 2. The van der Waals surface area contributed by atoms with E-state index >= 15 is 0 Å². The Balaban J connectivity index is 1.45. The molecule has 0 bridgehead atoms. The van der Waals surface area contributed by atoms with Crippen LogP contribution >= 0.6 is 0 Å². The van der Waals surface area contributed by atoms with E-state index in [1.54, 1.807) is 4.90 Å². The van der Waals surface area contributed by atoms with Crippen LogP contribution in [0.25, 0.3) is 0 Å². The van der Waals surface area contributed by atoms with Crippen LogP contribution < -0.4 is 5.32 Å². The normalized spacial score (nSPS) is 24.3. The Labute approximate surface area is 117 Å². The predicted octanol–water partition coefficient (Wildman–Crippen LogP) is 2.48. The minimum absolute atomic E-state index is 0.0799. The molecule has 2 atom stereocenters. The summed E-state index contributed by atoms with van der Waals surface area (Å²) >= 11 is 0. The number of hydrogen-bond acceptors (Lipinski definition) is 3. The Kier molecular flexibility index (Phi) is 3.58. The van der Waals surface area contributed by atoms with E-state index in [2.05, 4.69) is 5.32 Å². The first kappa shape index (κ1) is 13.0. The molecule has 2 fully saturated rings. The van der Waals surface area contributed by atoms with Gasteiger partial charge in [0, 0.05) is 25.0 Å². The predicted molar refractivity (Wildman–Crippen MR) is 73.4 cm³/mol. The highest BCUT2D eigenvalue weighted by molar-refractivity contribution is 5.84. The summed E-state index contributed by atoms with van der Waals surface area (Å²) in [6, 6.07) is 10.1. The van der Waals surface area contributed by atoms with Crippen molar-refractivity contribution < 1.29 is 14.3 Å². The zero-order valence-corrected chi connectivity index (χ0v) is 11.2. The number of nitrogens with one attached hydrogen (secondary N) is 1. The number of hydrogen-bond donors (Lipinski definition) is 1. The summed E-state index contributed by atoms with van der Waals surface area (Å²) in [5, 5.41) is 2.75. The molecule has 1 aliphatic carbocycles. The number of likely N-dealkylation sites (tertiary alicyclic amines) is 1. The molecular weight excluding hydrogens is 256 g/mol. The van der Waals surface area contributed by atoms with Crippen molar-refractivity contribution in [2.24, 2.45) is 0 Å².